The Hall–Kier alpha value is -1.23. The molecule has 23 heavy (non-hydrogen) atoms. The molecule has 2 aromatic rings. The molecule has 2 rings (SSSR count). The molecule has 0 saturated heterocycles. The lowest BCUT2D eigenvalue weighted by molar-refractivity contribution is -0.142. The van der Waals surface area contributed by atoms with Gasteiger partial charge in [0.25, 0.3) is 0 Å². The van der Waals surface area contributed by atoms with Crippen molar-refractivity contribution in [1.82, 2.24) is 0 Å². The molecule has 0 amide bonds. The summed E-state index contributed by atoms with van der Waals surface area (Å²) in [6, 6.07) is 12.6. The molecule has 3 nitrogen and oxygen atoms in total. The Bertz CT molecular complexity index is 674. The molecule has 0 aliphatic carbocycles. The fraction of sp³-hybridized carbons (Fsp3) is 0.235. The summed E-state index contributed by atoms with van der Waals surface area (Å²) in [4.78, 5) is 12.1. The number of methoxy groups -OCH3 is 1. The Morgan fingerprint density at radius 1 is 1.17 bits per heavy atom. The van der Waals surface area contributed by atoms with E-state index in [0.29, 0.717) is 28.6 Å². The molecule has 0 spiro atoms. The minimum atomic E-state index is -0.500. The van der Waals surface area contributed by atoms with Gasteiger partial charge in [0.1, 0.15) is 5.75 Å². The second-order valence-electron chi connectivity index (χ2n) is 4.83. The van der Waals surface area contributed by atoms with Crippen LogP contribution in [0.3, 0.4) is 0 Å². The standard InChI is InChI=1S/C17H15BrCl2O3/c1-22-17(21)15(14-7-4-12(19)10-16(14)20)8-9-23-13-5-2-11(18)3-6-13/h2-7,10,15H,8-9H2,1H3/t15-/m0/s1. The van der Waals surface area contributed by atoms with E-state index in [2.05, 4.69) is 15.9 Å². The second-order valence-corrected chi connectivity index (χ2v) is 6.59. The number of ether oxygens (including phenoxy) is 2. The smallest absolute Gasteiger partial charge is 0.313 e. The van der Waals surface area contributed by atoms with Crippen LogP contribution in [0.25, 0.3) is 0 Å². The van der Waals surface area contributed by atoms with E-state index in [-0.39, 0.29) is 5.97 Å². The molecular weight excluding hydrogens is 403 g/mol. The summed E-state index contributed by atoms with van der Waals surface area (Å²) in [5, 5.41) is 0.963. The minimum Gasteiger partial charge on any atom is -0.494 e. The van der Waals surface area contributed by atoms with Crippen LogP contribution in [-0.4, -0.2) is 19.7 Å². The lowest BCUT2D eigenvalue weighted by Crippen LogP contribution is -2.17. The van der Waals surface area contributed by atoms with E-state index in [4.69, 9.17) is 32.7 Å². The predicted molar refractivity (Wildman–Crippen MR) is 95.5 cm³/mol. The van der Waals surface area contributed by atoms with Crippen molar-refractivity contribution in [2.75, 3.05) is 13.7 Å². The molecule has 0 radical (unpaired) electrons. The van der Waals surface area contributed by atoms with Crippen LogP contribution in [0.2, 0.25) is 10.0 Å². The molecule has 1 atom stereocenters. The average molecular weight is 418 g/mol. The Balaban J connectivity index is 2.07. The molecule has 0 fully saturated rings. The van der Waals surface area contributed by atoms with Crippen molar-refractivity contribution in [2.45, 2.75) is 12.3 Å². The highest BCUT2D eigenvalue weighted by Gasteiger charge is 2.24. The lowest BCUT2D eigenvalue weighted by atomic mass is 9.96. The normalized spacial score (nSPS) is 11.8. The SMILES string of the molecule is COC(=O)[C@@H](CCOc1ccc(Br)cc1)c1ccc(Cl)cc1Cl. The fourth-order valence-corrected chi connectivity index (χ4v) is 2.96. The first-order valence-electron chi connectivity index (χ1n) is 6.92. The second kappa shape index (κ2) is 8.57. The maximum Gasteiger partial charge on any atom is 0.313 e. The molecule has 0 N–H and O–H groups in total. The van der Waals surface area contributed by atoms with Crippen molar-refractivity contribution in [3.05, 3.63) is 62.5 Å². The van der Waals surface area contributed by atoms with Gasteiger partial charge in [-0.2, -0.15) is 0 Å². The molecular formula is C17H15BrCl2O3. The summed E-state index contributed by atoms with van der Waals surface area (Å²) < 4.78 is 11.5. The van der Waals surface area contributed by atoms with Crippen LogP contribution >= 0.6 is 39.1 Å². The summed E-state index contributed by atoms with van der Waals surface area (Å²) in [6.45, 7) is 0.361. The highest BCUT2D eigenvalue weighted by molar-refractivity contribution is 9.10. The fourth-order valence-electron chi connectivity index (χ4n) is 2.15. The average Bonchev–Trinajstić information content (AvgIpc) is 2.53. The van der Waals surface area contributed by atoms with Crippen LogP contribution in [0.5, 0.6) is 5.75 Å². The van der Waals surface area contributed by atoms with Gasteiger partial charge in [-0.3, -0.25) is 4.79 Å². The van der Waals surface area contributed by atoms with Gasteiger partial charge in [-0.25, -0.2) is 0 Å². The zero-order valence-electron chi connectivity index (χ0n) is 12.4. The third-order valence-electron chi connectivity index (χ3n) is 3.31. The molecule has 0 heterocycles. The van der Waals surface area contributed by atoms with Crippen molar-refractivity contribution in [1.29, 1.82) is 0 Å². The van der Waals surface area contributed by atoms with E-state index in [1.165, 1.54) is 7.11 Å². The quantitative estimate of drug-likeness (QED) is 0.583. The van der Waals surface area contributed by atoms with E-state index in [1.54, 1.807) is 18.2 Å². The topological polar surface area (TPSA) is 35.5 Å². The van der Waals surface area contributed by atoms with E-state index < -0.39 is 5.92 Å². The van der Waals surface area contributed by atoms with E-state index in [0.717, 1.165) is 10.2 Å². The van der Waals surface area contributed by atoms with E-state index in [1.807, 2.05) is 24.3 Å². The predicted octanol–water partition coefficient (Wildman–Crippen LogP) is 5.48. The summed E-state index contributed by atoms with van der Waals surface area (Å²) in [5.74, 6) is -0.118. The molecule has 0 saturated carbocycles. The van der Waals surface area contributed by atoms with Crippen LogP contribution in [0.1, 0.15) is 17.9 Å². The monoisotopic (exact) mass is 416 g/mol. The van der Waals surface area contributed by atoms with Gasteiger partial charge in [-0.15, -0.1) is 0 Å². The maximum absolute atomic E-state index is 12.1. The Kier molecular flexibility index (Phi) is 6.75. The summed E-state index contributed by atoms with van der Waals surface area (Å²) >= 11 is 15.5. The van der Waals surface area contributed by atoms with E-state index in [9.17, 15) is 4.79 Å². The van der Waals surface area contributed by atoms with Crippen molar-refractivity contribution in [3.63, 3.8) is 0 Å². The molecule has 0 aromatic heterocycles. The first-order chi connectivity index (χ1) is 11.0. The number of halogens is 3. The van der Waals surface area contributed by atoms with Gasteiger partial charge in [-0.1, -0.05) is 45.2 Å². The van der Waals surface area contributed by atoms with Crippen LogP contribution in [0.15, 0.2) is 46.9 Å². The number of hydrogen-bond donors (Lipinski definition) is 0. The third-order valence-corrected chi connectivity index (χ3v) is 4.40. The van der Waals surface area contributed by atoms with Crippen molar-refractivity contribution in [2.24, 2.45) is 0 Å². The van der Waals surface area contributed by atoms with Crippen molar-refractivity contribution in [3.8, 4) is 5.75 Å². The van der Waals surface area contributed by atoms with Crippen LogP contribution in [0, 0.1) is 0 Å². The largest absolute Gasteiger partial charge is 0.494 e. The number of hydrogen-bond acceptors (Lipinski definition) is 3. The highest BCUT2D eigenvalue weighted by atomic mass is 79.9. The van der Waals surface area contributed by atoms with Gasteiger partial charge in [0, 0.05) is 14.5 Å². The van der Waals surface area contributed by atoms with Gasteiger partial charge in [0.05, 0.1) is 19.6 Å². The van der Waals surface area contributed by atoms with Crippen LogP contribution in [-0.2, 0) is 9.53 Å². The molecule has 6 heteroatoms. The van der Waals surface area contributed by atoms with Crippen LogP contribution < -0.4 is 4.74 Å². The highest BCUT2D eigenvalue weighted by Crippen LogP contribution is 2.30. The minimum absolute atomic E-state index is 0.353. The molecule has 0 aliphatic rings. The summed E-state index contributed by atoms with van der Waals surface area (Å²) in [7, 11) is 1.36. The van der Waals surface area contributed by atoms with Gasteiger partial charge in [0.15, 0.2) is 0 Å². The summed E-state index contributed by atoms with van der Waals surface area (Å²) in [6.07, 6.45) is 0.449. The number of benzene rings is 2. The Morgan fingerprint density at radius 2 is 1.87 bits per heavy atom. The van der Waals surface area contributed by atoms with Crippen LogP contribution in [0.4, 0.5) is 0 Å². The first kappa shape index (κ1) is 18.1. The number of rotatable bonds is 6. The number of carbonyl (C=O) groups excluding carboxylic acids is 1. The molecule has 122 valence electrons. The summed E-state index contributed by atoms with van der Waals surface area (Å²) in [5.41, 5.74) is 0.683. The zero-order chi connectivity index (χ0) is 16.8. The Labute approximate surface area is 153 Å². The lowest BCUT2D eigenvalue weighted by Gasteiger charge is -2.17. The first-order valence-corrected chi connectivity index (χ1v) is 8.47. The number of carbonyl (C=O) groups is 1. The molecule has 0 unspecified atom stereocenters. The maximum atomic E-state index is 12.1. The van der Waals surface area contributed by atoms with Gasteiger partial charge in [0.2, 0.25) is 0 Å². The molecule has 0 bridgehead atoms. The Morgan fingerprint density at radius 3 is 2.48 bits per heavy atom. The molecule has 0 aliphatic heterocycles. The zero-order valence-corrected chi connectivity index (χ0v) is 15.5. The van der Waals surface area contributed by atoms with Gasteiger partial charge in [-0.05, 0) is 48.4 Å². The van der Waals surface area contributed by atoms with Gasteiger partial charge < -0.3 is 9.47 Å². The van der Waals surface area contributed by atoms with Gasteiger partial charge >= 0.3 is 5.97 Å². The third kappa shape index (κ3) is 5.13. The van der Waals surface area contributed by atoms with E-state index >= 15 is 0 Å². The molecule has 2 aromatic carbocycles. The number of esters is 1. The van der Waals surface area contributed by atoms with Crippen molar-refractivity contribution < 1.29 is 14.3 Å². The van der Waals surface area contributed by atoms with Crippen molar-refractivity contribution >= 4 is 45.1 Å².